The van der Waals surface area contributed by atoms with E-state index in [1.165, 1.54) is 12.1 Å². The summed E-state index contributed by atoms with van der Waals surface area (Å²) in [4.78, 5) is 0. The van der Waals surface area contributed by atoms with E-state index in [4.69, 9.17) is 0 Å². The Balaban J connectivity index is 2.07. The summed E-state index contributed by atoms with van der Waals surface area (Å²) in [6.45, 7) is 0.620. The molecule has 1 heterocycles. The van der Waals surface area contributed by atoms with Gasteiger partial charge in [0.2, 0.25) is 0 Å². The van der Waals surface area contributed by atoms with Gasteiger partial charge in [-0.1, -0.05) is 15.9 Å². The Morgan fingerprint density at radius 1 is 1.33 bits per heavy atom. The van der Waals surface area contributed by atoms with Crippen molar-refractivity contribution in [2.24, 2.45) is 0 Å². The monoisotopic (exact) mass is 285 g/mol. The molecule has 0 radical (unpaired) electrons. The van der Waals surface area contributed by atoms with Crippen LogP contribution < -0.4 is 5.32 Å². The highest BCUT2D eigenvalue weighted by molar-refractivity contribution is 9.10. The van der Waals surface area contributed by atoms with Crippen molar-refractivity contribution >= 4 is 33.0 Å². The Bertz CT molecular complexity index is 442. The molecule has 0 amide bonds. The Labute approximate surface area is 100 Å². The molecule has 0 atom stereocenters. The summed E-state index contributed by atoms with van der Waals surface area (Å²) in [5, 5.41) is 7.25. The van der Waals surface area contributed by atoms with Crippen LogP contribution in [-0.4, -0.2) is 0 Å². The van der Waals surface area contributed by atoms with Crippen molar-refractivity contribution in [2.45, 2.75) is 6.54 Å². The molecule has 0 saturated carbocycles. The normalized spacial score (nSPS) is 10.3. The Morgan fingerprint density at radius 3 is 2.93 bits per heavy atom. The minimum absolute atomic E-state index is 0.208. The van der Waals surface area contributed by atoms with Crippen molar-refractivity contribution < 1.29 is 4.39 Å². The predicted molar refractivity (Wildman–Crippen MR) is 65.7 cm³/mol. The molecule has 1 N–H and O–H groups in total. The van der Waals surface area contributed by atoms with Crippen molar-refractivity contribution in [3.63, 3.8) is 0 Å². The first-order valence-electron chi connectivity index (χ1n) is 4.46. The van der Waals surface area contributed by atoms with Crippen LogP contribution in [0.1, 0.15) is 5.56 Å². The fourth-order valence-corrected chi connectivity index (χ4v) is 2.24. The van der Waals surface area contributed by atoms with Crippen LogP contribution in [0.5, 0.6) is 0 Å². The highest BCUT2D eigenvalue weighted by Crippen LogP contribution is 2.20. The third-order valence-electron chi connectivity index (χ3n) is 2.01. The molecule has 0 bridgehead atoms. The average Bonchev–Trinajstić information content (AvgIpc) is 2.72. The molecule has 0 saturated heterocycles. The van der Waals surface area contributed by atoms with Gasteiger partial charge in [-0.15, -0.1) is 0 Å². The summed E-state index contributed by atoms with van der Waals surface area (Å²) in [5.74, 6) is -0.208. The number of halogens is 2. The number of anilines is 1. The van der Waals surface area contributed by atoms with E-state index < -0.39 is 0 Å². The number of thiophene rings is 1. The summed E-state index contributed by atoms with van der Waals surface area (Å²) >= 11 is 5.02. The van der Waals surface area contributed by atoms with Crippen LogP contribution in [0.3, 0.4) is 0 Å². The van der Waals surface area contributed by atoms with Crippen LogP contribution in [0.15, 0.2) is 39.5 Å². The van der Waals surface area contributed by atoms with Gasteiger partial charge in [0.05, 0.1) is 0 Å². The van der Waals surface area contributed by atoms with E-state index in [9.17, 15) is 4.39 Å². The van der Waals surface area contributed by atoms with Crippen molar-refractivity contribution in [3.05, 3.63) is 50.9 Å². The minimum atomic E-state index is -0.208. The predicted octanol–water partition coefficient (Wildman–Crippen LogP) is 4.26. The van der Waals surface area contributed by atoms with Gasteiger partial charge in [0, 0.05) is 22.1 Å². The maximum Gasteiger partial charge on any atom is 0.123 e. The second-order valence-corrected chi connectivity index (χ2v) is 4.74. The number of rotatable bonds is 3. The van der Waals surface area contributed by atoms with Gasteiger partial charge in [-0.3, -0.25) is 0 Å². The van der Waals surface area contributed by atoms with Gasteiger partial charge in [-0.05, 0) is 35.2 Å². The summed E-state index contributed by atoms with van der Waals surface area (Å²) in [6, 6.07) is 6.69. The maximum absolute atomic E-state index is 13.0. The maximum atomic E-state index is 13.0. The fraction of sp³-hybridized carbons (Fsp3) is 0.0909. The van der Waals surface area contributed by atoms with Crippen molar-refractivity contribution in [3.8, 4) is 0 Å². The summed E-state index contributed by atoms with van der Waals surface area (Å²) in [5.41, 5.74) is 1.98. The lowest BCUT2D eigenvalue weighted by molar-refractivity contribution is 0.625. The molecule has 1 aromatic heterocycles. The van der Waals surface area contributed by atoms with Crippen LogP contribution >= 0.6 is 27.3 Å². The van der Waals surface area contributed by atoms with E-state index >= 15 is 0 Å². The first-order chi connectivity index (χ1) is 7.25. The molecule has 2 rings (SSSR count). The van der Waals surface area contributed by atoms with E-state index in [1.807, 2.05) is 16.8 Å². The number of hydrogen-bond donors (Lipinski definition) is 1. The minimum Gasteiger partial charge on any atom is -0.380 e. The number of benzene rings is 1. The average molecular weight is 286 g/mol. The highest BCUT2D eigenvalue weighted by atomic mass is 79.9. The lowest BCUT2D eigenvalue weighted by Crippen LogP contribution is -1.99. The van der Waals surface area contributed by atoms with Crippen molar-refractivity contribution in [1.82, 2.24) is 0 Å². The van der Waals surface area contributed by atoms with Gasteiger partial charge in [-0.25, -0.2) is 4.39 Å². The third kappa shape index (κ3) is 2.79. The highest BCUT2D eigenvalue weighted by Gasteiger charge is 2.01. The molecular weight excluding hydrogens is 277 g/mol. The molecule has 15 heavy (non-hydrogen) atoms. The first-order valence-corrected chi connectivity index (χ1v) is 6.19. The summed E-state index contributed by atoms with van der Waals surface area (Å²) in [7, 11) is 0. The molecule has 78 valence electrons. The van der Waals surface area contributed by atoms with Crippen LogP contribution in [0, 0.1) is 5.82 Å². The van der Waals surface area contributed by atoms with E-state index in [0.717, 1.165) is 15.7 Å². The zero-order valence-electron chi connectivity index (χ0n) is 7.84. The van der Waals surface area contributed by atoms with Gasteiger partial charge in [0.15, 0.2) is 0 Å². The van der Waals surface area contributed by atoms with E-state index in [-0.39, 0.29) is 5.82 Å². The molecule has 0 fully saturated rings. The third-order valence-corrected chi connectivity index (χ3v) is 3.47. The van der Waals surface area contributed by atoms with Crippen LogP contribution in [0.2, 0.25) is 0 Å². The summed E-state index contributed by atoms with van der Waals surface area (Å²) in [6.07, 6.45) is 0. The van der Waals surface area contributed by atoms with Gasteiger partial charge in [0.25, 0.3) is 0 Å². The van der Waals surface area contributed by atoms with Gasteiger partial charge >= 0.3 is 0 Å². The molecule has 0 unspecified atom stereocenters. The molecule has 0 aliphatic heterocycles. The van der Waals surface area contributed by atoms with Crippen LogP contribution in [-0.2, 0) is 6.54 Å². The molecule has 0 aliphatic rings. The fourth-order valence-electron chi connectivity index (χ4n) is 1.24. The topological polar surface area (TPSA) is 12.0 Å². The molecule has 0 spiro atoms. The lowest BCUT2D eigenvalue weighted by Gasteiger charge is -2.06. The van der Waals surface area contributed by atoms with Gasteiger partial charge in [0.1, 0.15) is 5.82 Å². The lowest BCUT2D eigenvalue weighted by atomic mass is 10.2. The quantitative estimate of drug-likeness (QED) is 0.888. The van der Waals surface area contributed by atoms with Crippen LogP contribution in [0.4, 0.5) is 10.1 Å². The van der Waals surface area contributed by atoms with Crippen molar-refractivity contribution in [1.29, 1.82) is 0 Å². The molecule has 4 heteroatoms. The number of nitrogens with one attached hydrogen (secondary N) is 1. The Hall–Kier alpha value is -0.870. The van der Waals surface area contributed by atoms with Crippen LogP contribution in [0.25, 0.3) is 0 Å². The molecule has 0 aliphatic carbocycles. The molecule has 2 aromatic rings. The Kier molecular flexibility index (Phi) is 3.38. The van der Waals surface area contributed by atoms with E-state index in [1.54, 1.807) is 17.4 Å². The SMILES string of the molecule is Fc1ccc(Br)c(CNc2ccsc2)c1. The smallest absolute Gasteiger partial charge is 0.123 e. The summed E-state index contributed by atoms with van der Waals surface area (Å²) < 4.78 is 13.9. The molecular formula is C11H9BrFNS. The first kappa shape index (κ1) is 10.6. The van der Waals surface area contributed by atoms with E-state index in [2.05, 4.69) is 21.2 Å². The van der Waals surface area contributed by atoms with Gasteiger partial charge in [-0.2, -0.15) is 11.3 Å². The zero-order chi connectivity index (χ0) is 10.7. The number of hydrogen-bond acceptors (Lipinski definition) is 2. The Morgan fingerprint density at radius 2 is 2.20 bits per heavy atom. The molecule has 1 nitrogen and oxygen atoms in total. The zero-order valence-corrected chi connectivity index (χ0v) is 10.2. The van der Waals surface area contributed by atoms with Gasteiger partial charge < -0.3 is 5.32 Å². The second kappa shape index (κ2) is 4.77. The van der Waals surface area contributed by atoms with Crippen molar-refractivity contribution in [2.75, 3.05) is 5.32 Å². The standard InChI is InChI=1S/C11H9BrFNS/c12-11-2-1-9(13)5-8(11)6-14-10-3-4-15-7-10/h1-5,7,14H,6H2. The molecule has 1 aromatic carbocycles. The second-order valence-electron chi connectivity index (χ2n) is 3.10. The van der Waals surface area contributed by atoms with E-state index in [0.29, 0.717) is 6.54 Å². The largest absolute Gasteiger partial charge is 0.380 e.